The molecule has 0 N–H and O–H groups in total. The molecule has 3 aromatic rings. The summed E-state index contributed by atoms with van der Waals surface area (Å²) >= 11 is 1.59. The molecule has 0 atom stereocenters. The average molecular weight is 529 g/mol. The van der Waals surface area contributed by atoms with E-state index in [1.165, 1.54) is 4.31 Å². The van der Waals surface area contributed by atoms with E-state index in [4.69, 9.17) is 0 Å². The number of rotatable bonds is 5. The molecular formula is C30H28N2O3S2. The van der Waals surface area contributed by atoms with E-state index in [-0.39, 0.29) is 10.7 Å². The Hall–Kier alpha value is -3.29. The molecule has 6 rings (SSSR count). The number of hydrogen-bond acceptors (Lipinski definition) is 5. The van der Waals surface area contributed by atoms with Gasteiger partial charge in [-0.1, -0.05) is 72.4 Å². The highest BCUT2D eigenvalue weighted by Crippen LogP contribution is 2.44. The Kier molecular flexibility index (Phi) is 6.42. The van der Waals surface area contributed by atoms with Gasteiger partial charge in [-0.05, 0) is 61.4 Å². The van der Waals surface area contributed by atoms with Crippen LogP contribution in [0.25, 0.3) is 5.70 Å². The van der Waals surface area contributed by atoms with E-state index in [1.807, 2.05) is 42.5 Å². The average Bonchev–Trinajstić information content (AvgIpc) is 3.25. The van der Waals surface area contributed by atoms with Crippen LogP contribution < -0.4 is 4.31 Å². The van der Waals surface area contributed by atoms with Crippen LogP contribution >= 0.6 is 11.8 Å². The molecule has 5 nitrogen and oxygen atoms in total. The van der Waals surface area contributed by atoms with E-state index < -0.39 is 10.0 Å². The molecule has 0 fully saturated rings. The molecule has 3 aliphatic heterocycles. The summed E-state index contributed by atoms with van der Waals surface area (Å²) in [7, 11) is -3.79. The zero-order valence-corrected chi connectivity index (χ0v) is 22.1. The molecule has 0 aliphatic carbocycles. The third-order valence-corrected chi connectivity index (χ3v) is 10.1. The van der Waals surface area contributed by atoms with Gasteiger partial charge in [-0.3, -0.25) is 9.10 Å². The van der Waals surface area contributed by atoms with Crippen molar-refractivity contribution in [3.8, 4) is 0 Å². The van der Waals surface area contributed by atoms with Crippen molar-refractivity contribution in [3.63, 3.8) is 0 Å². The first-order valence-corrected chi connectivity index (χ1v) is 15.0. The van der Waals surface area contributed by atoms with Crippen LogP contribution in [0.2, 0.25) is 0 Å². The van der Waals surface area contributed by atoms with Crippen molar-refractivity contribution in [2.24, 2.45) is 0 Å². The second-order valence-electron chi connectivity index (χ2n) is 9.55. The minimum absolute atomic E-state index is 0.0896. The summed E-state index contributed by atoms with van der Waals surface area (Å²) in [5.41, 5.74) is 5.21. The highest BCUT2D eigenvalue weighted by atomic mass is 32.2. The van der Waals surface area contributed by atoms with E-state index in [1.54, 1.807) is 36.0 Å². The largest absolute Gasteiger partial charge is 0.335 e. The van der Waals surface area contributed by atoms with Gasteiger partial charge in [0.15, 0.2) is 5.78 Å². The maximum atomic E-state index is 13.9. The third-order valence-electron chi connectivity index (χ3n) is 7.23. The maximum absolute atomic E-state index is 13.9. The first-order valence-electron chi connectivity index (χ1n) is 12.7. The molecule has 37 heavy (non-hydrogen) atoms. The highest BCUT2D eigenvalue weighted by Gasteiger charge is 2.32. The van der Waals surface area contributed by atoms with Crippen LogP contribution in [0.5, 0.6) is 0 Å². The van der Waals surface area contributed by atoms with E-state index >= 15 is 0 Å². The molecule has 0 saturated heterocycles. The molecule has 7 heteroatoms. The molecule has 3 aromatic carbocycles. The normalized spacial score (nSPS) is 17.7. The summed E-state index contributed by atoms with van der Waals surface area (Å²) in [6, 6.07) is 24.5. The number of carbonyl (C=O) groups is 1. The summed E-state index contributed by atoms with van der Waals surface area (Å²) in [6.07, 6.45) is 4.24. The number of Topliss-reactive ketones (excluding diaryl/α,β-unsaturated/α-hetero) is 1. The fourth-order valence-corrected chi connectivity index (χ4v) is 8.10. The fraction of sp³-hybridized carbons (Fsp3) is 0.233. The lowest BCUT2D eigenvalue weighted by Gasteiger charge is -2.30. The topological polar surface area (TPSA) is 57.7 Å². The monoisotopic (exact) mass is 528 g/mol. The number of para-hydroxylation sites is 1. The highest BCUT2D eigenvalue weighted by molar-refractivity contribution is 8.06. The van der Waals surface area contributed by atoms with Crippen LogP contribution in [0.15, 0.2) is 99.8 Å². The van der Waals surface area contributed by atoms with Crippen LogP contribution in [-0.2, 0) is 16.4 Å². The standard InChI is InChI=1S/C30H28N2O3S2/c33-29(26-16-6-7-18-31-28(21-36-30(26)31)23-10-2-1-3-11-23)24-13-8-15-25(20-24)37(34,35)32-19-9-14-22-12-4-5-17-27(22)32/h1-5,8,10-13,15,17,20-21H,6-7,9,14,16,18-19H2. The number of aryl methyl sites for hydroxylation is 1. The number of sulfonamides is 1. The Morgan fingerprint density at radius 2 is 1.62 bits per heavy atom. The maximum Gasteiger partial charge on any atom is 0.264 e. The van der Waals surface area contributed by atoms with Gasteiger partial charge in [-0.15, -0.1) is 0 Å². The van der Waals surface area contributed by atoms with Crippen molar-refractivity contribution in [1.82, 2.24) is 4.90 Å². The lowest BCUT2D eigenvalue weighted by atomic mass is 10.00. The van der Waals surface area contributed by atoms with Gasteiger partial charge in [0.25, 0.3) is 10.0 Å². The predicted molar refractivity (Wildman–Crippen MR) is 150 cm³/mol. The SMILES string of the molecule is O=C(C1=C2SC=C(c3ccccc3)N2CCCC1)c1cccc(S(=O)(=O)N2CCCc3ccccc32)c1. The number of thioether (sulfide) groups is 1. The minimum Gasteiger partial charge on any atom is -0.335 e. The van der Waals surface area contributed by atoms with Gasteiger partial charge in [0.05, 0.1) is 21.3 Å². The van der Waals surface area contributed by atoms with Gasteiger partial charge < -0.3 is 4.90 Å². The minimum atomic E-state index is -3.79. The zero-order valence-electron chi connectivity index (χ0n) is 20.5. The van der Waals surface area contributed by atoms with Crippen molar-refractivity contribution in [2.75, 3.05) is 17.4 Å². The van der Waals surface area contributed by atoms with Crippen molar-refractivity contribution in [1.29, 1.82) is 0 Å². The molecule has 0 saturated carbocycles. The Bertz CT molecular complexity index is 1530. The Labute approximate surface area is 222 Å². The van der Waals surface area contributed by atoms with Gasteiger partial charge in [0.2, 0.25) is 0 Å². The van der Waals surface area contributed by atoms with Gasteiger partial charge >= 0.3 is 0 Å². The first kappa shape index (κ1) is 24.1. The molecular weight excluding hydrogens is 500 g/mol. The molecule has 0 bridgehead atoms. The number of nitrogens with zero attached hydrogens (tertiary/aromatic N) is 2. The summed E-state index contributed by atoms with van der Waals surface area (Å²) in [4.78, 5) is 16.3. The first-order chi connectivity index (χ1) is 18.0. The van der Waals surface area contributed by atoms with E-state index in [0.717, 1.165) is 65.3 Å². The van der Waals surface area contributed by atoms with Gasteiger partial charge in [0, 0.05) is 29.6 Å². The molecule has 0 aromatic heterocycles. The molecule has 0 spiro atoms. The second-order valence-corrected chi connectivity index (χ2v) is 12.3. The van der Waals surface area contributed by atoms with Crippen LogP contribution in [-0.4, -0.2) is 32.2 Å². The van der Waals surface area contributed by atoms with Crippen LogP contribution in [0.3, 0.4) is 0 Å². The van der Waals surface area contributed by atoms with E-state index in [9.17, 15) is 13.2 Å². The fourth-order valence-electron chi connectivity index (χ4n) is 5.37. The molecule has 0 radical (unpaired) electrons. The summed E-state index contributed by atoms with van der Waals surface area (Å²) in [6.45, 7) is 1.30. The number of allylic oxidation sites excluding steroid dienone is 1. The predicted octanol–water partition coefficient (Wildman–Crippen LogP) is 6.45. The Balaban J connectivity index is 1.34. The molecule has 0 amide bonds. The van der Waals surface area contributed by atoms with Gasteiger partial charge in [0.1, 0.15) is 0 Å². The molecule has 0 unspecified atom stereocenters. The van der Waals surface area contributed by atoms with E-state index in [2.05, 4.69) is 22.4 Å². The van der Waals surface area contributed by atoms with Crippen molar-refractivity contribution in [2.45, 2.75) is 37.0 Å². The number of hydrogen-bond donors (Lipinski definition) is 0. The molecule has 188 valence electrons. The van der Waals surface area contributed by atoms with Gasteiger partial charge in [-0.2, -0.15) is 0 Å². The quantitative estimate of drug-likeness (QED) is 0.356. The van der Waals surface area contributed by atoms with Crippen LogP contribution in [0, 0.1) is 0 Å². The number of ketones is 1. The third kappa shape index (κ3) is 4.40. The van der Waals surface area contributed by atoms with Crippen molar-refractivity contribution >= 4 is 39.0 Å². The second kappa shape index (κ2) is 9.88. The lowest BCUT2D eigenvalue weighted by Crippen LogP contribution is -2.35. The zero-order chi connectivity index (χ0) is 25.4. The van der Waals surface area contributed by atoms with Crippen LogP contribution in [0.1, 0.15) is 47.2 Å². The Morgan fingerprint density at radius 1 is 0.811 bits per heavy atom. The summed E-state index contributed by atoms with van der Waals surface area (Å²) in [5, 5.41) is 3.09. The number of benzene rings is 3. The smallest absolute Gasteiger partial charge is 0.264 e. The van der Waals surface area contributed by atoms with E-state index in [0.29, 0.717) is 18.5 Å². The van der Waals surface area contributed by atoms with Crippen LogP contribution in [0.4, 0.5) is 5.69 Å². The van der Waals surface area contributed by atoms with Crippen molar-refractivity contribution < 1.29 is 13.2 Å². The number of anilines is 1. The lowest BCUT2D eigenvalue weighted by molar-refractivity contribution is 0.102. The molecule has 3 aliphatic rings. The van der Waals surface area contributed by atoms with Gasteiger partial charge in [-0.25, -0.2) is 8.42 Å². The molecule has 3 heterocycles. The summed E-state index contributed by atoms with van der Waals surface area (Å²) in [5.74, 6) is -0.0896. The summed E-state index contributed by atoms with van der Waals surface area (Å²) < 4.78 is 28.9. The van der Waals surface area contributed by atoms with Crippen molar-refractivity contribution in [3.05, 3.63) is 112 Å². The Morgan fingerprint density at radius 3 is 2.49 bits per heavy atom. The number of fused-ring (bicyclic) bond motifs is 2. The number of carbonyl (C=O) groups excluding carboxylic acids is 1.